The van der Waals surface area contributed by atoms with Crippen LogP contribution < -0.4 is 0 Å². The van der Waals surface area contributed by atoms with Crippen molar-refractivity contribution < 1.29 is 0 Å². The van der Waals surface area contributed by atoms with Crippen LogP contribution in [0.5, 0.6) is 0 Å². The van der Waals surface area contributed by atoms with Crippen molar-refractivity contribution in [3.05, 3.63) is 46.2 Å². The maximum Gasteiger partial charge on any atom is 0.156 e. The molecule has 4 heteroatoms. The molecule has 0 amide bonds. The van der Waals surface area contributed by atoms with E-state index in [0.717, 1.165) is 22.3 Å². The first-order chi connectivity index (χ1) is 7.84. The molecule has 0 atom stereocenters. The second-order valence-electron chi connectivity index (χ2n) is 3.36. The third-order valence-corrected chi connectivity index (χ3v) is 3.27. The number of para-hydroxylation sites is 2. The molecule has 0 bridgehead atoms. The first-order valence-electron chi connectivity index (χ1n) is 4.79. The number of hydrogen-bond acceptors (Lipinski definition) is 3. The molecule has 2 nitrogen and oxygen atoms in total. The SMILES string of the molecule is Clc1nc2ccccc2nc1-c1ccsc1. The van der Waals surface area contributed by atoms with Crippen molar-refractivity contribution in [2.45, 2.75) is 0 Å². The zero-order chi connectivity index (χ0) is 11.0. The van der Waals surface area contributed by atoms with E-state index >= 15 is 0 Å². The van der Waals surface area contributed by atoms with Gasteiger partial charge in [-0.15, -0.1) is 0 Å². The van der Waals surface area contributed by atoms with Crippen LogP contribution >= 0.6 is 22.9 Å². The summed E-state index contributed by atoms with van der Waals surface area (Å²) in [6, 6.07) is 9.72. The van der Waals surface area contributed by atoms with Crippen LogP contribution in [0.15, 0.2) is 41.1 Å². The molecule has 0 aliphatic heterocycles. The minimum atomic E-state index is 0.456. The molecule has 0 radical (unpaired) electrons. The second-order valence-corrected chi connectivity index (χ2v) is 4.50. The summed E-state index contributed by atoms with van der Waals surface area (Å²) in [6.07, 6.45) is 0. The molecule has 0 fully saturated rings. The summed E-state index contributed by atoms with van der Waals surface area (Å²) in [5, 5.41) is 4.48. The zero-order valence-electron chi connectivity index (χ0n) is 8.22. The van der Waals surface area contributed by atoms with Gasteiger partial charge in [0.2, 0.25) is 0 Å². The van der Waals surface area contributed by atoms with E-state index in [4.69, 9.17) is 11.6 Å². The molecule has 0 aliphatic rings. The lowest BCUT2D eigenvalue weighted by atomic mass is 10.2. The number of hydrogen-bond donors (Lipinski definition) is 0. The van der Waals surface area contributed by atoms with E-state index in [-0.39, 0.29) is 0 Å². The average molecular weight is 247 g/mol. The monoisotopic (exact) mass is 246 g/mol. The fraction of sp³-hybridized carbons (Fsp3) is 0. The van der Waals surface area contributed by atoms with Crippen LogP contribution in [-0.4, -0.2) is 9.97 Å². The van der Waals surface area contributed by atoms with E-state index in [9.17, 15) is 0 Å². The van der Waals surface area contributed by atoms with Gasteiger partial charge in [-0.2, -0.15) is 11.3 Å². The number of aromatic nitrogens is 2. The van der Waals surface area contributed by atoms with Gasteiger partial charge < -0.3 is 0 Å². The van der Waals surface area contributed by atoms with E-state index in [0.29, 0.717) is 5.15 Å². The Labute approximate surface area is 102 Å². The normalized spacial score (nSPS) is 10.8. The summed E-state index contributed by atoms with van der Waals surface area (Å²) in [5.74, 6) is 0. The molecule has 0 saturated carbocycles. The van der Waals surface area contributed by atoms with Gasteiger partial charge in [-0.1, -0.05) is 23.7 Å². The maximum absolute atomic E-state index is 6.13. The quantitative estimate of drug-likeness (QED) is 0.648. The van der Waals surface area contributed by atoms with Crippen molar-refractivity contribution in [1.82, 2.24) is 9.97 Å². The number of nitrogens with zero attached hydrogens (tertiary/aromatic N) is 2. The van der Waals surface area contributed by atoms with Gasteiger partial charge in [0.25, 0.3) is 0 Å². The topological polar surface area (TPSA) is 25.8 Å². The molecule has 78 valence electrons. The zero-order valence-corrected chi connectivity index (χ0v) is 9.79. The van der Waals surface area contributed by atoms with Gasteiger partial charge >= 0.3 is 0 Å². The van der Waals surface area contributed by atoms with Crippen molar-refractivity contribution in [3.63, 3.8) is 0 Å². The molecular weight excluding hydrogens is 240 g/mol. The molecule has 2 heterocycles. The predicted molar refractivity (Wildman–Crippen MR) is 67.9 cm³/mol. The van der Waals surface area contributed by atoms with E-state index in [1.54, 1.807) is 11.3 Å². The predicted octanol–water partition coefficient (Wildman–Crippen LogP) is 4.01. The molecular formula is C12H7ClN2S. The molecule has 0 spiro atoms. The number of fused-ring (bicyclic) bond motifs is 1. The fourth-order valence-corrected chi connectivity index (χ4v) is 2.44. The van der Waals surface area contributed by atoms with Crippen LogP contribution in [0.3, 0.4) is 0 Å². The minimum absolute atomic E-state index is 0.456. The van der Waals surface area contributed by atoms with Gasteiger partial charge in [-0.05, 0) is 23.6 Å². The number of halogens is 1. The second kappa shape index (κ2) is 3.85. The lowest BCUT2D eigenvalue weighted by Gasteiger charge is -2.02. The van der Waals surface area contributed by atoms with Gasteiger partial charge in [0.15, 0.2) is 5.15 Å². The summed E-state index contributed by atoms with van der Waals surface area (Å²) >= 11 is 7.75. The van der Waals surface area contributed by atoms with Crippen molar-refractivity contribution in [2.75, 3.05) is 0 Å². The highest BCUT2D eigenvalue weighted by Crippen LogP contribution is 2.27. The lowest BCUT2D eigenvalue weighted by Crippen LogP contribution is -1.89. The Balaban J connectivity index is 2.30. The Kier molecular flexibility index (Phi) is 2.35. The largest absolute Gasteiger partial charge is 0.243 e. The fourth-order valence-electron chi connectivity index (χ4n) is 1.56. The highest BCUT2D eigenvalue weighted by Gasteiger charge is 2.08. The molecule has 0 aliphatic carbocycles. The van der Waals surface area contributed by atoms with Crippen LogP contribution in [0.4, 0.5) is 0 Å². The number of thiophene rings is 1. The molecule has 0 N–H and O–H groups in total. The molecule has 0 saturated heterocycles. The Hall–Kier alpha value is -1.45. The van der Waals surface area contributed by atoms with Gasteiger partial charge in [0.05, 0.1) is 11.0 Å². The van der Waals surface area contributed by atoms with Crippen LogP contribution in [0.25, 0.3) is 22.3 Å². The van der Waals surface area contributed by atoms with Crippen molar-refractivity contribution in [3.8, 4) is 11.3 Å². The van der Waals surface area contributed by atoms with Gasteiger partial charge in [0.1, 0.15) is 5.69 Å². The number of rotatable bonds is 1. The standard InChI is InChI=1S/C12H7ClN2S/c13-12-11(8-5-6-16-7-8)14-9-3-1-2-4-10(9)15-12/h1-7H. The average Bonchev–Trinajstić information content (AvgIpc) is 2.81. The van der Waals surface area contributed by atoms with E-state index in [1.807, 2.05) is 41.1 Å². The van der Waals surface area contributed by atoms with Crippen LogP contribution in [-0.2, 0) is 0 Å². The Morgan fingerprint density at radius 2 is 1.75 bits per heavy atom. The lowest BCUT2D eigenvalue weighted by molar-refractivity contribution is 1.30. The highest BCUT2D eigenvalue weighted by atomic mass is 35.5. The van der Waals surface area contributed by atoms with Crippen LogP contribution in [0, 0.1) is 0 Å². The maximum atomic E-state index is 6.13. The summed E-state index contributed by atoms with van der Waals surface area (Å²) < 4.78 is 0. The summed E-state index contributed by atoms with van der Waals surface area (Å²) in [5.41, 5.74) is 3.47. The third kappa shape index (κ3) is 1.58. The first-order valence-corrected chi connectivity index (χ1v) is 6.11. The van der Waals surface area contributed by atoms with Crippen LogP contribution in [0.2, 0.25) is 5.15 Å². The molecule has 3 aromatic rings. The number of benzene rings is 1. The Bertz CT molecular complexity index is 635. The third-order valence-electron chi connectivity index (χ3n) is 2.32. The van der Waals surface area contributed by atoms with Gasteiger partial charge in [0, 0.05) is 10.9 Å². The highest BCUT2D eigenvalue weighted by molar-refractivity contribution is 7.08. The first kappa shape index (κ1) is 9.75. The van der Waals surface area contributed by atoms with Crippen molar-refractivity contribution in [2.24, 2.45) is 0 Å². The Morgan fingerprint density at radius 1 is 1.00 bits per heavy atom. The molecule has 2 aromatic heterocycles. The van der Waals surface area contributed by atoms with E-state index in [1.165, 1.54) is 0 Å². The molecule has 3 rings (SSSR count). The van der Waals surface area contributed by atoms with Crippen LogP contribution in [0.1, 0.15) is 0 Å². The summed E-state index contributed by atoms with van der Waals surface area (Å²) in [6.45, 7) is 0. The van der Waals surface area contributed by atoms with E-state index < -0.39 is 0 Å². The summed E-state index contributed by atoms with van der Waals surface area (Å²) in [4.78, 5) is 8.87. The van der Waals surface area contributed by atoms with E-state index in [2.05, 4.69) is 9.97 Å². The molecule has 16 heavy (non-hydrogen) atoms. The van der Waals surface area contributed by atoms with Crippen molar-refractivity contribution in [1.29, 1.82) is 0 Å². The van der Waals surface area contributed by atoms with Gasteiger partial charge in [-0.25, -0.2) is 9.97 Å². The Morgan fingerprint density at radius 3 is 2.44 bits per heavy atom. The smallest absolute Gasteiger partial charge is 0.156 e. The molecule has 0 unspecified atom stereocenters. The molecule has 1 aromatic carbocycles. The summed E-state index contributed by atoms with van der Waals surface area (Å²) in [7, 11) is 0. The van der Waals surface area contributed by atoms with Crippen molar-refractivity contribution >= 4 is 34.0 Å². The van der Waals surface area contributed by atoms with Gasteiger partial charge in [-0.3, -0.25) is 0 Å². The minimum Gasteiger partial charge on any atom is -0.243 e.